The van der Waals surface area contributed by atoms with Crippen molar-refractivity contribution >= 4 is 0 Å². The number of quaternary nitrogens is 1. The summed E-state index contributed by atoms with van der Waals surface area (Å²) >= 11 is 0. The molecule has 0 saturated carbocycles. The van der Waals surface area contributed by atoms with Crippen molar-refractivity contribution in [3.05, 3.63) is 5.21 Å². The van der Waals surface area contributed by atoms with Gasteiger partial charge in [0.05, 0.1) is 6.54 Å². The molecule has 0 aromatic carbocycles. The molecule has 9 heavy (non-hydrogen) atoms. The molecule has 0 aliphatic carbocycles. The maximum absolute atomic E-state index is 11.3. The Bertz CT molecular complexity index is 71.6. The quantitative estimate of drug-likeness (QED) is 0.500. The molecule has 0 fully saturated rings. The van der Waals surface area contributed by atoms with Gasteiger partial charge < -0.3 is 5.21 Å². The Morgan fingerprint density at radius 1 is 1.67 bits per heavy atom. The minimum Gasteiger partial charge on any atom is -0.613 e. The van der Waals surface area contributed by atoms with Crippen LogP contribution < -0.4 is 10.6 Å². The van der Waals surface area contributed by atoms with Crippen LogP contribution in [0.3, 0.4) is 0 Å². The van der Waals surface area contributed by atoms with Gasteiger partial charge in [-0.05, 0) is 6.92 Å². The summed E-state index contributed by atoms with van der Waals surface area (Å²) in [4.78, 5) is 0. The van der Waals surface area contributed by atoms with Crippen LogP contribution in [0.5, 0.6) is 0 Å². The lowest BCUT2D eigenvalue weighted by atomic mass is 10.7. The molecule has 5 heteroatoms. The van der Waals surface area contributed by atoms with Gasteiger partial charge in [-0.25, -0.2) is 8.78 Å². The zero-order valence-electron chi connectivity index (χ0n) is 5.16. The second-order valence-electron chi connectivity index (χ2n) is 1.55. The number of hydrogen-bond acceptors (Lipinski definition) is 2. The smallest absolute Gasteiger partial charge is 0.255 e. The number of hydroxylamine groups is 1. The molecule has 0 aliphatic heterocycles. The van der Waals surface area contributed by atoms with E-state index in [1.54, 1.807) is 6.92 Å². The van der Waals surface area contributed by atoms with Crippen molar-refractivity contribution < 1.29 is 14.0 Å². The fourth-order valence-corrected chi connectivity index (χ4v) is 0.316. The molecule has 1 atom stereocenters. The van der Waals surface area contributed by atoms with Gasteiger partial charge in [-0.1, -0.05) is 0 Å². The Kier molecular flexibility index (Phi) is 4.47. The van der Waals surface area contributed by atoms with E-state index in [1.807, 2.05) is 5.43 Å². The highest BCUT2D eigenvalue weighted by atomic mass is 19.3. The van der Waals surface area contributed by atoms with Crippen LogP contribution >= 0.6 is 0 Å². The molecule has 0 saturated heterocycles. The molecule has 0 radical (unpaired) electrons. The van der Waals surface area contributed by atoms with E-state index in [1.165, 1.54) is 0 Å². The summed E-state index contributed by atoms with van der Waals surface area (Å²) in [5, 5.41) is 9.93. The molecule has 0 rings (SSSR count). The highest BCUT2D eigenvalue weighted by molar-refractivity contribution is 4.34. The zero-order valence-corrected chi connectivity index (χ0v) is 5.16. The van der Waals surface area contributed by atoms with Crippen LogP contribution in [0.4, 0.5) is 8.78 Å². The molecule has 1 unspecified atom stereocenters. The predicted octanol–water partition coefficient (Wildman–Crippen LogP) is -0.841. The Labute approximate surface area is 52.2 Å². The number of rotatable bonds is 4. The van der Waals surface area contributed by atoms with Gasteiger partial charge in [0.2, 0.25) is 0 Å². The fourth-order valence-electron chi connectivity index (χ4n) is 0.316. The molecule has 0 aliphatic rings. The summed E-state index contributed by atoms with van der Waals surface area (Å²) in [5.41, 5.74) is 2.04. The van der Waals surface area contributed by atoms with Gasteiger partial charge >= 0.3 is 0 Å². The van der Waals surface area contributed by atoms with E-state index < -0.39 is 13.0 Å². The molecule has 0 aromatic heterocycles. The fraction of sp³-hybridized carbons (Fsp3) is 1.00. The standard InChI is InChI=1S/C4H10F2N2O/c1-2-8(9)7-3-4(5)6/h4,7-8H,2-3H2,1H3. The second kappa shape index (κ2) is 4.60. The largest absolute Gasteiger partial charge is 0.613 e. The second-order valence-corrected chi connectivity index (χ2v) is 1.55. The normalized spacial score (nSPS) is 14.3. The van der Waals surface area contributed by atoms with Gasteiger partial charge in [0.15, 0.2) is 0 Å². The maximum atomic E-state index is 11.3. The molecule has 0 spiro atoms. The molecule has 0 aromatic rings. The van der Waals surface area contributed by atoms with Gasteiger partial charge in [-0.15, -0.1) is 0 Å². The molecule has 0 amide bonds. The van der Waals surface area contributed by atoms with Crippen molar-refractivity contribution in [1.82, 2.24) is 5.43 Å². The van der Waals surface area contributed by atoms with Crippen molar-refractivity contribution in [3.8, 4) is 0 Å². The zero-order chi connectivity index (χ0) is 7.28. The number of alkyl halides is 2. The van der Waals surface area contributed by atoms with Gasteiger partial charge in [-0.2, -0.15) is 5.43 Å². The summed E-state index contributed by atoms with van der Waals surface area (Å²) in [7, 11) is 0. The Hall–Kier alpha value is -0.260. The first-order chi connectivity index (χ1) is 4.16. The molecule has 56 valence electrons. The third-order valence-corrected chi connectivity index (χ3v) is 0.775. The van der Waals surface area contributed by atoms with Gasteiger partial charge in [0, 0.05) is 0 Å². The predicted molar refractivity (Wildman–Crippen MR) is 28.9 cm³/mol. The molecule has 0 bridgehead atoms. The molecule has 2 N–H and O–H groups in total. The first-order valence-corrected chi connectivity index (χ1v) is 2.71. The number of nitrogens with one attached hydrogen (secondary N) is 2. The summed E-state index contributed by atoms with van der Waals surface area (Å²) in [6.07, 6.45) is -2.44. The van der Waals surface area contributed by atoms with Crippen molar-refractivity contribution in [2.75, 3.05) is 13.1 Å². The lowest BCUT2D eigenvalue weighted by Gasteiger charge is -2.19. The van der Waals surface area contributed by atoms with Crippen molar-refractivity contribution in [2.24, 2.45) is 0 Å². The van der Waals surface area contributed by atoms with E-state index in [9.17, 15) is 14.0 Å². The monoisotopic (exact) mass is 140 g/mol. The summed E-state index contributed by atoms with van der Waals surface area (Å²) < 4.78 is 22.6. The maximum Gasteiger partial charge on any atom is 0.255 e. The lowest BCUT2D eigenvalue weighted by molar-refractivity contribution is -0.894. The van der Waals surface area contributed by atoms with Crippen molar-refractivity contribution in [1.29, 1.82) is 0 Å². The Balaban J connectivity index is 3.06. The number of halogens is 2. The summed E-state index contributed by atoms with van der Waals surface area (Å²) in [6, 6.07) is 0. The minimum absolute atomic E-state index is 0.257. The van der Waals surface area contributed by atoms with Crippen molar-refractivity contribution in [2.45, 2.75) is 13.3 Å². The van der Waals surface area contributed by atoms with Crippen LogP contribution in [0.1, 0.15) is 6.92 Å². The minimum atomic E-state index is -2.44. The SMILES string of the molecule is CC[NH+]([O-])NCC(F)F. The van der Waals surface area contributed by atoms with E-state index >= 15 is 0 Å². The van der Waals surface area contributed by atoms with Crippen LogP contribution in [-0.4, -0.2) is 19.5 Å². The van der Waals surface area contributed by atoms with Crippen LogP contribution in [0.25, 0.3) is 0 Å². The van der Waals surface area contributed by atoms with E-state index in [0.717, 1.165) is 0 Å². The summed E-state index contributed by atoms with van der Waals surface area (Å²) in [6.45, 7) is 1.33. The lowest BCUT2D eigenvalue weighted by Crippen LogP contribution is -3.14. The highest BCUT2D eigenvalue weighted by Crippen LogP contribution is 1.84. The molecule has 3 nitrogen and oxygen atoms in total. The van der Waals surface area contributed by atoms with Gasteiger partial charge in [0.25, 0.3) is 6.43 Å². The average molecular weight is 140 g/mol. The average Bonchev–Trinajstić information content (AvgIpc) is 1.83. The Morgan fingerprint density at radius 3 is 2.56 bits per heavy atom. The first kappa shape index (κ1) is 8.74. The Morgan fingerprint density at radius 2 is 2.22 bits per heavy atom. The van der Waals surface area contributed by atoms with Gasteiger partial charge in [-0.3, -0.25) is 5.17 Å². The summed E-state index contributed by atoms with van der Waals surface area (Å²) in [5.74, 6) is 0. The van der Waals surface area contributed by atoms with Crippen LogP contribution in [0, 0.1) is 5.21 Å². The van der Waals surface area contributed by atoms with E-state index in [-0.39, 0.29) is 11.7 Å². The highest BCUT2D eigenvalue weighted by Gasteiger charge is 2.02. The van der Waals surface area contributed by atoms with Crippen LogP contribution in [-0.2, 0) is 0 Å². The van der Waals surface area contributed by atoms with E-state index in [4.69, 9.17) is 0 Å². The van der Waals surface area contributed by atoms with Crippen molar-refractivity contribution in [3.63, 3.8) is 0 Å². The topological polar surface area (TPSA) is 39.5 Å². The third kappa shape index (κ3) is 5.61. The molecular formula is C4H10F2N2O. The van der Waals surface area contributed by atoms with Gasteiger partial charge in [0.1, 0.15) is 6.54 Å². The molecular weight excluding hydrogens is 130 g/mol. The first-order valence-electron chi connectivity index (χ1n) is 2.71. The van der Waals surface area contributed by atoms with Crippen LogP contribution in [0.15, 0.2) is 0 Å². The molecule has 0 heterocycles. The van der Waals surface area contributed by atoms with E-state index in [0.29, 0.717) is 0 Å². The van der Waals surface area contributed by atoms with E-state index in [2.05, 4.69) is 0 Å². The van der Waals surface area contributed by atoms with Crippen LogP contribution in [0.2, 0.25) is 0 Å². The number of hydrogen-bond donors (Lipinski definition) is 2. The third-order valence-electron chi connectivity index (χ3n) is 0.775.